The van der Waals surface area contributed by atoms with Crippen LogP contribution in [0.15, 0.2) is 73.1 Å². The Bertz CT molecular complexity index is 1570. The van der Waals surface area contributed by atoms with Crippen molar-refractivity contribution < 1.29 is 9.53 Å². The van der Waals surface area contributed by atoms with Crippen molar-refractivity contribution in [2.75, 3.05) is 12.8 Å². The lowest BCUT2D eigenvalue weighted by molar-refractivity contribution is -0.146. The summed E-state index contributed by atoms with van der Waals surface area (Å²) in [4.78, 5) is 26.4. The third-order valence-corrected chi connectivity index (χ3v) is 7.28. The quantitative estimate of drug-likeness (QED) is 0.337. The summed E-state index contributed by atoms with van der Waals surface area (Å²) in [5, 5.41) is 1.07. The predicted octanol–water partition coefficient (Wildman–Crippen LogP) is 5.64. The summed E-state index contributed by atoms with van der Waals surface area (Å²) in [5.74, 6) is 1.33. The van der Waals surface area contributed by atoms with E-state index in [1.807, 2.05) is 28.8 Å². The van der Waals surface area contributed by atoms with Crippen molar-refractivity contribution in [3.05, 3.63) is 78.8 Å². The van der Waals surface area contributed by atoms with Crippen molar-refractivity contribution in [1.82, 2.24) is 19.4 Å². The number of rotatable bonds is 4. The molecule has 0 amide bonds. The molecule has 0 saturated heterocycles. The Morgan fingerprint density at radius 3 is 2.53 bits per heavy atom. The van der Waals surface area contributed by atoms with E-state index in [0.29, 0.717) is 5.82 Å². The second kappa shape index (κ2) is 9.07. The number of benzene rings is 2. The van der Waals surface area contributed by atoms with Crippen LogP contribution in [0, 0.1) is 5.92 Å². The van der Waals surface area contributed by atoms with Gasteiger partial charge in [-0.2, -0.15) is 0 Å². The van der Waals surface area contributed by atoms with Crippen LogP contribution in [-0.2, 0) is 9.53 Å². The highest BCUT2D eigenvalue weighted by Crippen LogP contribution is 2.40. The molecule has 36 heavy (non-hydrogen) atoms. The number of carbonyl (C=O) groups is 1. The Labute approximate surface area is 209 Å². The average molecular weight is 478 g/mol. The summed E-state index contributed by atoms with van der Waals surface area (Å²) in [6.07, 6.45) is 6.91. The highest BCUT2D eigenvalue weighted by molar-refractivity contribution is 5.86. The number of hydrogen-bond donors (Lipinski definition) is 1. The number of fused-ring (bicyclic) bond motifs is 2. The fourth-order valence-corrected chi connectivity index (χ4v) is 5.37. The Hall–Kier alpha value is -4.26. The second-order valence-corrected chi connectivity index (χ2v) is 9.39. The molecule has 2 N–H and O–H groups in total. The molecule has 3 heterocycles. The molecule has 180 valence electrons. The van der Waals surface area contributed by atoms with Gasteiger partial charge in [0.1, 0.15) is 17.2 Å². The minimum atomic E-state index is -0.122. The van der Waals surface area contributed by atoms with Crippen LogP contribution >= 0.6 is 0 Å². The molecule has 0 radical (unpaired) electrons. The molecule has 0 bridgehead atoms. The van der Waals surface area contributed by atoms with Crippen LogP contribution in [0.5, 0.6) is 0 Å². The Morgan fingerprint density at radius 1 is 0.972 bits per heavy atom. The van der Waals surface area contributed by atoms with Crippen LogP contribution < -0.4 is 5.73 Å². The number of ether oxygens (including phenoxy) is 1. The Balaban J connectivity index is 1.42. The summed E-state index contributed by atoms with van der Waals surface area (Å²) in [7, 11) is 1.46. The molecule has 1 saturated carbocycles. The maximum atomic E-state index is 12.0. The first-order valence-electron chi connectivity index (χ1n) is 12.3. The molecule has 7 nitrogen and oxygen atoms in total. The molecular formula is C29H27N5O2. The topological polar surface area (TPSA) is 95.4 Å². The smallest absolute Gasteiger partial charge is 0.308 e. The number of nitrogens with two attached hydrogens (primary N) is 1. The van der Waals surface area contributed by atoms with E-state index in [-0.39, 0.29) is 17.8 Å². The van der Waals surface area contributed by atoms with E-state index in [1.54, 1.807) is 6.20 Å². The van der Waals surface area contributed by atoms with Crippen LogP contribution in [0.25, 0.3) is 39.1 Å². The maximum absolute atomic E-state index is 12.0. The first kappa shape index (κ1) is 22.2. The van der Waals surface area contributed by atoms with Gasteiger partial charge in [0.2, 0.25) is 0 Å². The SMILES string of the molecule is COC(=O)C1CCC(c2nc(-c3ccc4ccc(-c5ccccc5)nc4c3)n3ccnc(N)c23)CC1. The van der Waals surface area contributed by atoms with Crippen LogP contribution in [0.3, 0.4) is 0 Å². The number of anilines is 1. The summed E-state index contributed by atoms with van der Waals surface area (Å²) in [5.41, 5.74) is 12.1. The monoisotopic (exact) mass is 477 g/mol. The number of methoxy groups -OCH3 is 1. The molecule has 3 aromatic heterocycles. The lowest BCUT2D eigenvalue weighted by Gasteiger charge is -2.26. The number of hydrogen-bond acceptors (Lipinski definition) is 6. The molecule has 1 aliphatic rings. The van der Waals surface area contributed by atoms with Gasteiger partial charge in [0.25, 0.3) is 0 Å². The number of aromatic nitrogens is 4. The van der Waals surface area contributed by atoms with E-state index < -0.39 is 0 Å². The first-order valence-corrected chi connectivity index (χ1v) is 12.3. The molecule has 1 aliphatic carbocycles. The van der Waals surface area contributed by atoms with Crippen molar-refractivity contribution in [2.45, 2.75) is 31.6 Å². The zero-order valence-electron chi connectivity index (χ0n) is 20.1. The van der Waals surface area contributed by atoms with E-state index in [9.17, 15) is 4.79 Å². The minimum absolute atomic E-state index is 0.0413. The largest absolute Gasteiger partial charge is 0.469 e. The standard InChI is InChI=1S/C29H27N5O2/c1-36-29(35)21-10-8-20(9-11-21)25-26-27(30)31-15-16-34(26)28(33-25)22-12-7-19-13-14-23(32-24(19)17-22)18-5-3-2-4-6-18/h2-7,12-17,20-21H,8-11H2,1H3,(H2,30,31). The Kier molecular flexibility index (Phi) is 5.60. The summed E-state index contributed by atoms with van der Waals surface area (Å²) in [6, 6.07) is 20.6. The molecular weight excluding hydrogens is 450 g/mol. The van der Waals surface area contributed by atoms with Crippen LogP contribution in [0.2, 0.25) is 0 Å². The fourth-order valence-electron chi connectivity index (χ4n) is 5.37. The molecule has 6 rings (SSSR count). The Morgan fingerprint density at radius 2 is 1.75 bits per heavy atom. The summed E-state index contributed by atoms with van der Waals surface area (Å²) in [6.45, 7) is 0. The number of nitrogens with zero attached hydrogens (tertiary/aromatic N) is 4. The highest BCUT2D eigenvalue weighted by Gasteiger charge is 2.31. The number of carbonyl (C=O) groups excluding carboxylic acids is 1. The van der Waals surface area contributed by atoms with Crippen LogP contribution in [0.1, 0.15) is 37.3 Å². The van der Waals surface area contributed by atoms with Gasteiger partial charge in [-0.05, 0) is 37.8 Å². The molecule has 1 fully saturated rings. The predicted molar refractivity (Wildman–Crippen MR) is 140 cm³/mol. The third kappa shape index (κ3) is 3.86. The lowest BCUT2D eigenvalue weighted by atomic mass is 9.80. The van der Waals surface area contributed by atoms with Crippen LogP contribution in [-0.4, -0.2) is 32.4 Å². The number of nitrogen functional groups attached to an aromatic ring is 1. The van der Waals surface area contributed by atoms with Crippen molar-refractivity contribution in [3.63, 3.8) is 0 Å². The fraction of sp³-hybridized carbons (Fsp3) is 0.241. The molecule has 0 atom stereocenters. The first-order chi connectivity index (χ1) is 17.6. The molecule has 0 spiro atoms. The lowest BCUT2D eigenvalue weighted by Crippen LogP contribution is -2.22. The zero-order chi connectivity index (χ0) is 24.6. The van der Waals surface area contributed by atoms with Gasteiger partial charge in [0.15, 0.2) is 0 Å². The van der Waals surface area contributed by atoms with Gasteiger partial charge in [0.05, 0.1) is 29.9 Å². The summed E-state index contributed by atoms with van der Waals surface area (Å²) < 4.78 is 6.99. The zero-order valence-corrected chi connectivity index (χ0v) is 20.1. The molecule has 0 unspecified atom stereocenters. The van der Waals surface area contributed by atoms with Crippen molar-refractivity contribution in [1.29, 1.82) is 0 Å². The van der Waals surface area contributed by atoms with Gasteiger partial charge >= 0.3 is 5.97 Å². The number of imidazole rings is 1. The average Bonchev–Trinajstić information content (AvgIpc) is 3.33. The normalized spacial score (nSPS) is 17.9. The van der Waals surface area contributed by atoms with E-state index in [0.717, 1.165) is 70.4 Å². The summed E-state index contributed by atoms with van der Waals surface area (Å²) >= 11 is 0. The molecule has 7 heteroatoms. The van der Waals surface area contributed by atoms with Crippen molar-refractivity contribution >= 4 is 28.2 Å². The molecule has 2 aromatic carbocycles. The number of esters is 1. The van der Waals surface area contributed by atoms with E-state index >= 15 is 0 Å². The van der Waals surface area contributed by atoms with Crippen molar-refractivity contribution in [2.24, 2.45) is 5.92 Å². The van der Waals surface area contributed by atoms with Crippen molar-refractivity contribution in [3.8, 4) is 22.6 Å². The highest BCUT2D eigenvalue weighted by atomic mass is 16.5. The minimum Gasteiger partial charge on any atom is -0.469 e. The van der Waals surface area contributed by atoms with Gasteiger partial charge < -0.3 is 10.5 Å². The van der Waals surface area contributed by atoms with E-state index in [2.05, 4.69) is 47.4 Å². The van der Waals surface area contributed by atoms with Gasteiger partial charge in [-0.1, -0.05) is 48.5 Å². The second-order valence-electron chi connectivity index (χ2n) is 9.39. The van der Waals surface area contributed by atoms with Gasteiger partial charge in [-0.25, -0.2) is 15.0 Å². The van der Waals surface area contributed by atoms with E-state index in [1.165, 1.54) is 7.11 Å². The van der Waals surface area contributed by atoms with Crippen LogP contribution in [0.4, 0.5) is 5.82 Å². The van der Waals surface area contributed by atoms with Gasteiger partial charge in [0, 0.05) is 34.8 Å². The van der Waals surface area contributed by atoms with Gasteiger partial charge in [-0.15, -0.1) is 0 Å². The molecule has 0 aliphatic heterocycles. The number of pyridine rings is 1. The maximum Gasteiger partial charge on any atom is 0.308 e. The van der Waals surface area contributed by atoms with Gasteiger partial charge in [-0.3, -0.25) is 9.20 Å². The third-order valence-electron chi connectivity index (χ3n) is 7.28. The molecule has 5 aromatic rings. The van der Waals surface area contributed by atoms with E-state index in [4.69, 9.17) is 20.4 Å².